The maximum absolute atomic E-state index is 11.9. The van der Waals surface area contributed by atoms with Crippen LogP contribution in [0, 0.1) is 0 Å². The lowest BCUT2D eigenvalue weighted by Gasteiger charge is -2.19. The number of aromatic nitrogens is 1. The highest BCUT2D eigenvalue weighted by molar-refractivity contribution is 6.22. The first-order valence-electron chi connectivity index (χ1n) is 5.58. The molecule has 1 aromatic rings. The summed E-state index contributed by atoms with van der Waals surface area (Å²) in [6, 6.07) is 3.34. The zero-order valence-electron chi connectivity index (χ0n) is 10.2. The summed E-state index contributed by atoms with van der Waals surface area (Å²) < 4.78 is 0. The van der Waals surface area contributed by atoms with E-state index in [2.05, 4.69) is 4.98 Å². The second-order valence-corrected chi connectivity index (χ2v) is 4.25. The van der Waals surface area contributed by atoms with E-state index in [-0.39, 0.29) is 17.1 Å². The Balaban J connectivity index is 2.45. The van der Waals surface area contributed by atoms with Crippen LogP contribution in [0.25, 0.3) is 0 Å². The highest BCUT2D eigenvalue weighted by atomic mass is 16.3. The van der Waals surface area contributed by atoms with Gasteiger partial charge in [0.1, 0.15) is 6.10 Å². The molecule has 0 aliphatic heterocycles. The number of aliphatic hydroxyl groups is 1. The lowest BCUT2D eigenvalue weighted by Crippen LogP contribution is -2.21. The van der Waals surface area contributed by atoms with Gasteiger partial charge in [0.05, 0.1) is 0 Å². The number of carbonyl (C=O) groups excluding carboxylic acids is 2. The molecule has 0 saturated heterocycles. The van der Waals surface area contributed by atoms with Crippen molar-refractivity contribution in [3.63, 3.8) is 0 Å². The number of aliphatic hydroxyl groups excluding tert-OH is 1. The van der Waals surface area contributed by atoms with Gasteiger partial charge in [0, 0.05) is 34.7 Å². The molecule has 1 N–H and O–H groups in total. The van der Waals surface area contributed by atoms with Crippen molar-refractivity contribution in [3.05, 3.63) is 52.9 Å². The van der Waals surface area contributed by atoms with Gasteiger partial charge in [-0.2, -0.15) is 0 Å². The van der Waals surface area contributed by atoms with Crippen molar-refractivity contribution in [1.82, 2.24) is 4.98 Å². The number of pyridine rings is 1. The molecule has 18 heavy (non-hydrogen) atoms. The van der Waals surface area contributed by atoms with Gasteiger partial charge in [-0.05, 0) is 26.0 Å². The third-order valence-electron chi connectivity index (χ3n) is 2.99. The van der Waals surface area contributed by atoms with E-state index < -0.39 is 6.10 Å². The Hall–Kier alpha value is -2.07. The molecule has 4 heteroatoms. The van der Waals surface area contributed by atoms with E-state index in [4.69, 9.17) is 0 Å². The number of carbonyl (C=O) groups is 2. The molecule has 0 radical (unpaired) electrons. The van der Waals surface area contributed by atoms with Crippen LogP contribution in [0.3, 0.4) is 0 Å². The van der Waals surface area contributed by atoms with Crippen molar-refractivity contribution in [3.8, 4) is 0 Å². The molecule has 92 valence electrons. The van der Waals surface area contributed by atoms with Crippen LogP contribution in [0.15, 0.2) is 47.3 Å². The van der Waals surface area contributed by atoms with Crippen molar-refractivity contribution in [2.45, 2.75) is 20.0 Å². The number of hydrogen-bond acceptors (Lipinski definition) is 4. The van der Waals surface area contributed by atoms with Crippen molar-refractivity contribution < 1.29 is 14.7 Å². The van der Waals surface area contributed by atoms with E-state index in [1.54, 1.807) is 32.2 Å². The minimum atomic E-state index is -1.11. The summed E-state index contributed by atoms with van der Waals surface area (Å²) >= 11 is 0. The SMILES string of the molecule is CC1=CC(=O)C(C(O)c2cccnc2)=C(C)C1=O. The van der Waals surface area contributed by atoms with Crippen LogP contribution in [0.5, 0.6) is 0 Å². The Labute approximate surface area is 105 Å². The van der Waals surface area contributed by atoms with E-state index in [1.165, 1.54) is 12.3 Å². The molecule has 1 atom stereocenters. The monoisotopic (exact) mass is 243 g/mol. The minimum Gasteiger partial charge on any atom is -0.383 e. The number of nitrogens with zero attached hydrogens (tertiary/aromatic N) is 1. The van der Waals surface area contributed by atoms with Crippen molar-refractivity contribution in [1.29, 1.82) is 0 Å². The predicted octanol–water partition coefficient (Wildman–Crippen LogP) is 1.53. The van der Waals surface area contributed by atoms with Gasteiger partial charge >= 0.3 is 0 Å². The van der Waals surface area contributed by atoms with Gasteiger partial charge in [-0.1, -0.05) is 6.07 Å². The normalized spacial score (nSPS) is 17.8. The van der Waals surface area contributed by atoms with E-state index >= 15 is 0 Å². The largest absolute Gasteiger partial charge is 0.383 e. The fourth-order valence-corrected chi connectivity index (χ4v) is 1.99. The molecule has 1 aliphatic carbocycles. The molecule has 1 aliphatic rings. The maximum Gasteiger partial charge on any atom is 0.185 e. The lowest BCUT2D eigenvalue weighted by molar-refractivity contribution is -0.116. The average molecular weight is 243 g/mol. The van der Waals surface area contributed by atoms with Gasteiger partial charge in [-0.3, -0.25) is 14.6 Å². The first-order valence-corrected chi connectivity index (χ1v) is 5.58. The number of ketones is 2. The molecule has 0 bridgehead atoms. The van der Waals surface area contributed by atoms with Crippen LogP contribution in [0.4, 0.5) is 0 Å². The summed E-state index contributed by atoms with van der Waals surface area (Å²) in [4.78, 5) is 27.6. The number of Topliss-reactive ketones (excluding diaryl/α,β-unsaturated/α-hetero) is 1. The third kappa shape index (κ3) is 2.02. The molecule has 1 heterocycles. The molecule has 0 aromatic carbocycles. The molecule has 0 saturated carbocycles. The number of rotatable bonds is 2. The van der Waals surface area contributed by atoms with Crippen LogP contribution < -0.4 is 0 Å². The summed E-state index contributed by atoms with van der Waals surface area (Å²) in [6.45, 7) is 3.16. The lowest BCUT2D eigenvalue weighted by atomic mass is 9.86. The number of hydrogen-bond donors (Lipinski definition) is 1. The van der Waals surface area contributed by atoms with Crippen LogP contribution in [-0.4, -0.2) is 21.7 Å². The van der Waals surface area contributed by atoms with Crippen molar-refractivity contribution in [2.24, 2.45) is 0 Å². The summed E-state index contributed by atoms with van der Waals surface area (Å²) in [5.74, 6) is -0.520. The second kappa shape index (κ2) is 4.66. The van der Waals surface area contributed by atoms with E-state index in [0.717, 1.165) is 0 Å². The second-order valence-electron chi connectivity index (χ2n) is 4.25. The van der Waals surface area contributed by atoms with Crippen LogP contribution in [0.1, 0.15) is 25.5 Å². The zero-order chi connectivity index (χ0) is 13.3. The van der Waals surface area contributed by atoms with Gasteiger partial charge in [-0.25, -0.2) is 0 Å². The first kappa shape index (κ1) is 12.4. The summed E-state index contributed by atoms with van der Waals surface area (Å²) in [6.07, 6.45) is 3.22. The molecule has 1 aromatic heterocycles. The standard InChI is InChI=1S/C14H13NO3/c1-8-6-11(16)12(9(2)13(8)17)14(18)10-4-3-5-15-7-10/h3-7,14,18H,1-2H3. The fraction of sp³-hybridized carbons (Fsp3) is 0.214. The van der Waals surface area contributed by atoms with Gasteiger partial charge in [-0.15, -0.1) is 0 Å². The molecule has 0 spiro atoms. The molecule has 0 amide bonds. The molecular formula is C14H13NO3. The summed E-state index contributed by atoms with van der Waals surface area (Å²) in [5.41, 5.74) is 1.34. The fourth-order valence-electron chi connectivity index (χ4n) is 1.99. The van der Waals surface area contributed by atoms with Crippen LogP contribution in [0.2, 0.25) is 0 Å². The molecule has 4 nitrogen and oxygen atoms in total. The Bertz CT molecular complexity index is 570. The Morgan fingerprint density at radius 2 is 2.00 bits per heavy atom. The molecule has 0 fully saturated rings. The van der Waals surface area contributed by atoms with Crippen LogP contribution >= 0.6 is 0 Å². The Morgan fingerprint density at radius 1 is 1.28 bits per heavy atom. The highest BCUT2D eigenvalue weighted by Crippen LogP contribution is 2.29. The summed E-state index contributed by atoms with van der Waals surface area (Å²) in [7, 11) is 0. The van der Waals surface area contributed by atoms with Gasteiger partial charge in [0.25, 0.3) is 0 Å². The minimum absolute atomic E-state index is 0.138. The summed E-state index contributed by atoms with van der Waals surface area (Å²) in [5, 5.41) is 10.2. The predicted molar refractivity (Wildman–Crippen MR) is 65.7 cm³/mol. The van der Waals surface area contributed by atoms with Gasteiger partial charge in [0.15, 0.2) is 11.6 Å². The van der Waals surface area contributed by atoms with E-state index in [1.807, 2.05) is 0 Å². The van der Waals surface area contributed by atoms with Crippen molar-refractivity contribution in [2.75, 3.05) is 0 Å². The van der Waals surface area contributed by atoms with E-state index in [9.17, 15) is 14.7 Å². The molecular weight excluding hydrogens is 230 g/mol. The van der Waals surface area contributed by atoms with E-state index in [0.29, 0.717) is 16.7 Å². The maximum atomic E-state index is 11.9. The zero-order valence-corrected chi connectivity index (χ0v) is 10.2. The van der Waals surface area contributed by atoms with Crippen molar-refractivity contribution >= 4 is 11.6 Å². The molecule has 1 unspecified atom stereocenters. The number of allylic oxidation sites excluding steroid dienone is 3. The average Bonchev–Trinajstić information content (AvgIpc) is 2.37. The Kier molecular flexibility index (Phi) is 3.21. The Morgan fingerprint density at radius 3 is 2.61 bits per heavy atom. The topological polar surface area (TPSA) is 67.3 Å². The van der Waals surface area contributed by atoms with Crippen LogP contribution in [-0.2, 0) is 9.59 Å². The highest BCUT2D eigenvalue weighted by Gasteiger charge is 2.28. The van der Waals surface area contributed by atoms with Gasteiger partial charge in [0.2, 0.25) is 0 Å². The first-order chi connectivity index (χ1) is 8.52. The van der Waals surface area contributed by atoms with Gasteiger partial charge < -0.3 is 5.11 Å². The third-order valence-corrected chi connectivity index (χ3v) is 2.99. The molecule has 2 rings (SSSR count). The smallest absolute Gasteiger partial charge is 0.185 e. The quantitative estimate of drug-likeness (QED) is 0.800.